The Morgan fingerprint density at radius 3 is 3.20 bits per heavy atom. The summed E-state index contributed by atoms with van der Waals surface area (Å²) in [5, 5.41) is 0.571. The second-order valence-electron chi connectivity index (χ2n) is 1.70. The second-order valence-corrected chi connectivity index (χ2v) is 2.13. The molecule has 1 radical (unpaired) electrons. The third kappa shape index (κ3) is 1.88. The summed E-state index contributed by atoms with van der Waals surface area (Å²) in [6.07, 6.45) is 4.17. The summed E-state index contributed by atoms with van der Waals surface area (Å²) in [4.78, 5) is 3.72. The third-order valence-corrected chi connectivity index (χ3v) is 1.14. The average Bonchev–Trinajstić information content (AvgIpc) is 1.88. The number of hydrogen-bond acceptors (Lipinski definition) is 2. The monoisotopic (exact) mass is 156 g/mol. The van der Waals surface area contributed by atoms with Crippen molar-refractivity contribution in [2.24, 2.45) is 0 Å². The van der Waals surface area contributed by atoms with E-state index in [-0.39, 0.29) is 0 Å². The highest BCUT2D eigenvalue weighted by Crippen LogP contribution is 2.13. The van der Waals surface area contributed by atoms with Crippen molar-refractivity contribution in [1.29, 1.82) is 0 Å². The number of rotatable bonds is 2. The maximum absolute atomic E-state index is 5.62. The van der Waals surface area contributed by atoms with E-state index in [1.807, 2.05) is 6.92 Å². The molecule has 0 spiro atoms. The first-order valence-corrected chi connectivity index (χ1v) is 3.36. The first-order chi connectivity index (χ1) is 4.83. The van der Waals surface area contributed by atoms with Crippen LogP contribution in [0.2, 0.25) is 5.02 Å². The molecule has 2 nitrogen and oxygen atoms in total. The minimum atomic E-state index is 0.571. The van der Waals surface area contributed by atoms with Gasteiger partial charge in [-0.05, 0) is 6.92 Å². The maximum atomic E-state index is 5.62. The predicted octanol–water partition coefficient (Wildman–Crippen LogP) is 1.93. The Morgan fingerprint density at radius 1 is 1.80 bits per heavy atom. The Labute approximate surface area is 64.8 Å². The van der Waals surface area contributed by atoms with Gasteiger partial charge >= 0.3 is 0 Å². The molecule has 53 valence electrons. The fourth-order valence-corrected chi connectivity index (χ4v) is 0.730. The molecule has 0 unspecified atom stereocenters. The van der Waals surface area contributed by atoms with Gasteiger partial charge in [0, 0.05) is 12.3 Å². The zero-order chi connectivity index (χ0) is 7.40. The normalized spacial score (nSPS) is 9.40. The van der Waals surface area contributed by atoms with Crippen LogP contribution in [0.1, 0.15) is 6.92 Å². The highest BCUT2D eigenvalue weighted by molar-refractivity contribution is 6.30. The van der Waals surface area contributed by atoms with Crippen LogP contribution >= 0.6 is 11.6 Å². The van der Waals surface area contributed by atoms with Crippen LogP contribution in [-0.2, 0) is 0 Å². The van der Waals surface area contributed by atoms with E-state index < -0.39 is 0 Å². The van der Waals surface area contributed by atoms with Gasteiger partial charge in [-0.2, -0.15) is 0 Å². The molecule has 3 heteroatoms. The van der Waals surface area contributed by atoms with Gasteiger partial charge in [0.2, 0.25) is 0 Å². The topological polar surface area (TPSA) is 22.1 Å². The van der Waals surface area contributed by atoms with Crippen molar-refractivity contribution in [3.05, 3.63) is 23.5 Å². The van der Waals surface area contributed by atoms with Gasteiger partial charge in [0.1, 0.15) is 11.9 Å². The van der Waals surface area contributed by atoms with Crippen LogP contribution in [0, 0.1) is 6.20 Å². The van der Waals surface area contributed by atoms with Gasteiger partial charge in [-0.25, -0.2) is 4.98 Å². The highest BCUT2D eigenvalue weighted by Gasteiger charge is 1.92. The largest absolute Gasteiger partial charge is 0.491 e. The summed E-state index contributed by atoms with van der Waals surface area (Å²) in [5.74, 6) is 0.593. The molecule has 1 aromatic rings. The van der Waals surface area contributed by atoms with E-state index in [2.05, 4.69) is 11.2 Å². The number of nitrogens with zero attached hydrogens (tertiary/aromatic N) is 1. The molecular formula is C7H7ClNO. The first kappa shape index (κ1) is 7.35. The van der Waals surface area contributed by atoms with E-state index in [1.165, 1.54) is 6.20 Å². The zero-order valence-electron chi connectivity index (χ0n) is 5.60. The van der Waals surface area contributed by atoms with E-state index in [0.717, 1.165) is 0 Å². The minimum Gasteiger partial charge on any atom is -0.491 e. The van der Waals surface area contributed by atoms with Gasteiger partial charge in [-0.15, -0.1) is 0 Å². The fourth-order valence-electron chi connectivity index (χ4n) is 0.582. The Bertz CT molecular complexity index is 215. The second kappa shape index (κ2) is 3.42. The molecule has 1 heterocycles. The molecule has 0 atom stereocenters. The van der Waals surface area contributed by atoms with Crippen LogP contribution in [0.25, 0.3) is 0 Å². The van der Waals surface area contributed by atoms with Gasteiger partial charge in [0.15, 0.2) is 0 Å². The van der Waals surface area contributed by atoms with Crippen LogP contribution in [0.15, 0.2) is 12.3 Å². The molecule has 0 aromatic carbocycles. The number of aromatic nitrogens is 1. The fraction of sp³-hybridized carbons (Fsp3) is 0.286. The van der Waals surface area contributed by atoms with Crippen LogP contribution in [0.3, 0.4) is 0 Å². The summed E-state index contributed by atoms with van der Waals surface area (Å²) in [5.41, 5.74) is 0. The molecule has 0 aliphatic rings. The number of ether oxygens (including phenoxy) is 1. The van der Waals surface area contributed by atoms with Crippen molar-refractivity contribution in [1.82, 2.24) is 4.98 Å². The van der Waals surface area contributed by atoms with Crippen molar-refractivity contribution in [3.63, 3.8) is 0 Å². The highest BCUT2D eigenvalue weighted by atomic mass is 35.5. The minimum absolute atomic E-state index is 0.571. The van der Waals surface area contributed by atoms with E-state index in [4.69, 9.17) is 16.3 Å². The van der Waals surface area contributed by atoms with Crippen LogP contribution < -0.4 is 4.74 Å². The summed E-state index contributed by atoms with van der Waals surface area (Å²) in [7, 11) is 0. The number of hydrogen-bond donors (Lipinski definition) is 0. The van der Waals surface area contributed by atoms with E-state index in [9.17, 15) is 0 Å². The molecule has 0 fully saturated rings. The molecule has 0 amide bonds. The molecule has 0 N–H and O–H groups in total. The van der Waals surface area contributed by atoms with E-state index >= 15 is 0 Å². The quantitative estimate of drug-likeness (QED) is 0.653. The lowest BCUT2D eigenvalue weighted by molar-refractivity contribution is 0.338. The van der Waals surface area contributed by atoms with Crippen molar-refractivity contribution in [3.8, 4) is 5.75 Å². The lowest BCUT2D eigenvalue weighted by atomic mass is 10.5. The molecule has 1 aromatic heterocycles. The standard InChI is InChI=1S/C7H7ClNO/c1-2-10-7-3-6(8)4-9-5-7/h3-4H,2H2,1H3. The molecule has 10 heavy (non-hydrogen) atoms. The van der Waals surface area contributed by atoms with E-state index in [0.29, 0.717) is 17.4 Å². The van der Waals surface area contributed by atoms with Gasteiger partial charge in [0.05, 0.1) is 11.6 Å². The zero-order valence-corrected chi connectivity index (χ0v) is 6.35. The lowest BCUT2D eigenvalue weighted by Crippen LogP contribution is -1.91. The van der Waals surface area contributed by atoms with Crippen LogP contribution in [0.5, 0.6) is 5.75 Å². The SMILES string of the molecule is CCOc1[c]ncc(Cl)c1. The van der Waals surface area contributed by atoms with Crippen LogP contribution in [0.4, 0.5) is 0 Å². The molecule has 0 saturated carbocycles. The molecule has 0 aliphatic heterocycles. The van der Waals surface area contributed by atoms with Gasteiger partial charge in [-0.1, -0.05) is 11.6 Å². The molecular weight excluding hydrogens is 150 g/mol. The number of pyridine rings is 1. The lowest BCUT2D eigenvalue weighted by Gasteiger charge is -1.99. The maximum Gasteiger partial charge on any atom is 0.148 e. The van der Waals surface area contributed by atoms with Crippen molar-refractivity contribution in [2.75, 3.05) is 6.61 Å². The third-order valence-electron chi connectivity index (χ3n) is 0.931. The van der Waals surface area contributed by atoms with E-state index in [1.54, 1.807) is 6.07 Å². The van der Waals surface area contributed by atoms with Gasteiger partial charge < -0.3 is 4.74 Å². The first-order valence-electron chi connectivity index (χ1n) is 2.99. The summed E-state index contributed by atoms with van der Waals surface area (Å²) < 4.78 is 5.08. The Hall–Kier alpha value is -0.760. The molecule has 1 rings (SSSR count). The van der Waals surface area contributed by atoms with Crippen molar-refractivity contribution < 1.29 is 4.74 Å². The van der Waals surface area contributed by atoms with Crippen molar-refractivity contribution >= 4 is 11.6 Å². The summed E-state index contributed by atoms with van der Waals surface area (Å²) >= 11 is 5.62. The summed E-state index contributed by atoms with van der Waals surface area (Å²) in [6.45, 7) is 2.51. The molecule has 0 aliphatic carbocycles. The molecule has 0 saturated heterocycles. The number of halogens is 1. The Morgan fingerprint density at radius 2 is 2.60 bits per heavy atom. The van der Waals surface area contributed by atoms with Gasteiger partial charge in [0.25, 0.3) is 0 Å². The average molecular weight is 157 g/mol. The van der Waals surface area contributed by atoms with Crippen molar-refractivity contribution in [2.45, 2.75) is 6.92 Å². The van der Waals surface area contributed by atoms with Gasteiger partial charge in [-0.3, -0.25) is 0 Å². The Balaban J connectivity index is 2.75. The Kier molecular flexibility index (Phi) is 2.51. The van der Waals surface area contributed by atoms with Crippen LogP contribution in [-0.4, -0.2) is 11.6 Å². The summed E-state index contributed by atoms with van der Waals surface area (Å²) in [6, 6.07) is 1.68. The molecule has 0 bridgehead atoms. The predicted molar refractivity (Wildman–Crippen MR) is 39.3 cm³/mol. The smallest absolute Gasteiger partial charge is 0.148 e.